The summed E-state index contributed by atoms with van der Waals surface area (Å²) in [6.07, 6.45) is 2.81. The summed E-state index contributed by atoms with van der Waals surface area (Å²) >= 11 is 0. The van der Waals surface area contributed by atoms with Gasteiger partial charge in [-0.15, -0.1) is 0 Å². The van der Waals surface area contributed by atoms with Crippen LogP contribution < -0.4 is 0 Å². The molecule has 0 bridgehead atoms. The van der Waals surface area contributed by atoms with Gasteiger partial charge in [-0.25, -0.2) is 8.42 Å². The summed E-state index contributed by atoms with van der Waals surface area (Å²) in [7, 11) is -6.91. The first-order valence-electron chi connectivity index (χ1n) is 12.2. The molecule has 0 aliphatic heterocycles. The maximum absolute atomic E-state index is 13.8. The zero-order valence-electron chi connectivity index (χ0n) is 20.7. The molecule has 0 radical (unpaired) electrons. The van der Waals surface area contributed by atoms with Crippen LogP contribution in [0, 0.1) is 0 Å². The van der Waals surface area contributed by atoms with Crippen LogP contribution in [0.1, 0.15) is 36.5 Å². The number of hydrogen-bond donors (Lipinski definition) is 0. The first kappa shape index (κ1) is 26.7. The minimum absolute atomic E-state index is 0.0327. The van der Waals surface area contributed by atoms with E-state index in [2.05, 4.69) is 6.92 Å². The number of carbonyl (C=O) groups excluding carboxylic acids is 1. The Morgan fingerprint density at radius 2 is 1.08 bits per heavy atom. The largest absolute Gasteiger partial charge is 0.462 e. The predicted molar refractivity (Wildman–Crippen MR) is 146 cm³/mol. The molecule has 5 nitrogen and oxygen atoms in total. The molecule has 0 saturated heterocycles. The van der Waals surface area contributed by atoms with Crippen molar-refractivity contribution in [1.82, 2.24) is 0 Å². The molecular weight excluding hydrogens is 504 g/mol. The van der Waals surface area contributed by atoms with E-state index < -0.39 is 26.4 Å². The van der Waals surface area contributed by atoms with Gasteiger partial charge in [0.2, 0.25) is 0 Å². The lowest BCUT2D eigenvalue weighted by molar-refractivity contribution is 0.0498. The lowest BCUT2D eigenvalue weighted by Gasteiger charge is -2.39. The molecule has 0 saturated carbocycles. The molecule has 4 aromatic carbocycles. The average molecular weight is 535 g/mol. The second-order valence-electron chi connectivity index (χ2n) is 8.38. The first-order valence-corrected chi connectivity index (χ1v) is 15.2. The summed E-state index contributed by atoms with van der Waals surface area (Å²) in [6, 6.07) is 34.0. The van der Waals surface area contributed by atoms with Gasteiger partial charge in [-0.2, -0.15) is 8.42 Å². The molecule has 0 spiro atoms. The van der Waals surface area contributed by atoms with Crippen LogP contribution in [0.15, 0.2) is 135 Å². The molecule has 0 amide bonds. The van der Waals surface area contributed by atoms with Crippen LogP contribution in [-0.4, -0.2) is 21.0 Å². The normalized spacial score (nSPS) is 12.1. The van der Waals surface area contributed by atoms with E-state index in [0.29, 0.717) is 12.2 Å². The third-order valence-corrected chi connectivity index (χ3v) is 11.0. The van der Waals surface area contributed by atoms with Gasteiger partial charge >= 0.3 is 16.1 Å². The van der Waals surface area contributed by atoms with Gasteiger partial charge in [0, 0.05) is 14.7 Å². The average Bonchev–Trinajstić information content (AvgIpc) is 2.95. The highest BCUT2D eigenvalue weighted by Gasteiger charge is 2.38. The summed E-state index contributed by atoms with van der Waals surface area (Å²) < 4.78 is 39.1. The van der Waals surface area contributed by atoms with Crippen molar-refractivity contribution in [3.63, 3.8) is 0 Å². The minimum Gasteiger partial charge on any atom is -0.462 e. The van der Waals surface area contributed by atoms with Gasteiger partial charge in [0.25, 0.3) is 0 Å². The molecule has 0 aliphatic rings. The Hall–Kier alpha value is -3.39. The Morgan fingerprint density at radius 1 is 0.622 bits per heavy atom. The van der Waals surface area contributed by atoms with Gasteiger partial charge in [0.05, 0.1) is 17.1 Å². The predicted octanol–water partition coefficient (Wildman–Crippen LogP) is 7.64. The topological polar surface area (TPSA) is 69.7 Å². The smallest absolute Gasteiger partial charge is 0.338 e. The highest BCUT2D eigenvalue weighted by Crippen LogP contribution is 2.70. The molecule has 37 heavy (non-hydrogen) atoms. The Kier molecular flexibility index (Phi) is 8.82. The Bertz CT molecular complexity index is 1290. The maximum atomic E-state index is 13.8. The van der Waals surface area contributed by atoms with Crippen molar-refractivity contribution < 1.29 is 21.6 Å². The quantitative estimate of drug-likeness (QED) is 0.146. The van der Waals surface area contributed by atoms with E-state index >= 15 is 0 Å². The zero-order valence-corrected chi connectivity index (χ0v) is 22.3. The Morgan fingerprint density at radius 3 is 1.51 bits per heavy atom. The van der Waals surface area contributed by atoms with E-state index in [9.17, 15) is 13.2 Å². The lowest BCUT2D eigenvalue weighted by atomic mass is 10.2. The molecule has 4 aromatic rings. The van der Waals surface area contributed by atoms with Crippen molar-refractivity contribution in [3.8, 4) is 0 Å². The monoisotopic (exact) mass is 534 g/mol. The summed E-state index contributed by atoms with van der Waals surface area (Å²) in [4.78, 5) is 14.6. The fourth-order valence-electron chi connectivity index (χ4n) is 3.89. The van der Waals surface area contributed by atoms with E-state index in [0.717, 1.165) is 33.9 Å². The van der Waals surface area contributed by atoms with Crippen LogP contribution in [0.5, 0.6) is 0 Å². The lowest BCUT2D eigenvalue weighted by Crippen LogP contribution is -2.15. The molecule has 0 N–H and O–H groups in total. The van der Waals surface area contributed by atoms with Crippen molar-refractivity contribution in [1.29, 1.82) is 0 Å². The third kappa shape index (κ3) is 6.13. The summed E-state index contributed by atoms with van der Waals surface area (Å²) in [6.45, 7) is 2.42. The molecule has 0 aromatic heterocycles. The SMILES string of the molecule is CCCCCOC(=O)c1ccc(S(=O)(=O)OS(c2ccccc2)(c2ccccc2)c2ccccc2)cc1. The number of benzene rings is 4. The standard InChI is InChI=1S/C30H30O5S2/c1-2-3-13-24-34-30(31)25-20-22-29(23-21-25)37(32,33)35-36(26-14-7-4-8-15-26,27-16-9-5-10-17-27)28-18-11-6-12-19-28/h4-12,14-23H,2-3,13,24H2,1H3. The van der Waals surface area contributed by atoms with Gasteiger partial charge < -0.3 is 4.74 Å². The van der Waals surface area contributed by atoms with E-state index in [1.54, 1.807) is 0 Å². The van der Waals surface area contributed by atoms with Crippen LogP contribution in [0.2, 0.25) is 0 Å². The highest BCUT2D eigenvalue weighted by atomic mass is 32.3. The third-order valence-electron chi connectivity index (χ3n) is 5.78. The van der Waals surface area contributed by atoms with Crippen LogP contribution in [0.4, 0.5) is 0 Å². The van der Waals surface area contributed by atoms with Crippen LogP contribution in [-0.2, 0) is 18.5 Å². The molecule has 7 heteroatoms. The molecule has 192 valence electrons. The molecule has 0 fully saturated rings. The Balaban J connectivity index is 1.73. The Labute approximate surface area is 220 Å². The number of unbranched alkanes of at least 4 members (excludes halogenated alkanes) is 2. The fourth-order valence-corrected chi connectivity index (χ4v) is 9.13. The van der Waals surface area contributed by atoms with E-state index in [4.69, 9.17) is 8.37 Å². The molecule has 0 heterocycles. The summed E-state index contributed by atoms with van der Waals surface area (Å²) in [5.74, 6) is -0.473. The van der Waals surface area contributed by atoms with E-state index in [1.807, 2.05) is 91.0 Å². The maximum Gasteiger partial charge on any atom is 0.338 e. The molecule has 0 aliphatic carbocycles. The molecular formula is C30H30O5S2. The number of carbonyl (C=O) groups is 1. The van der Waals surface area contributed by atoms with E-state index in [1.165, 1.54) is 24.3 Å². The number of hydrogen-bond acceptors (Lipinski definition) is 5. The van der Waals surface area contributed by atoms with Crippen molar-refractivity contribution in [3.05, 3.63) is 121 Å². The van der Waals surface area contributed by atoms with Crippen LogP contribution in [0.25, 0.3) is 0 Å². The van der Waals surface area contributed by atoms with E-state index in [-0.39, 0.29) is 4.90 Å². The van der Waals surface area contributed by atoms with Crippen LogP contribution in [0.3, 0.4) is 0 Å². The number of esters is 1. The summed E-state index contributed by atoms with van der Waals surface area (Å²) in [5, 5.41) is 0. The zero-order chi connectivity index (χ0) is 26.1. The van der Waals surface area contributed by atoms with Crippen molar-refractivity contribution in [2.75, 3.05) is 6.61 Å². The van der Waals surface area contributed by atoms with Crippen LogP contribution >= 0.6 is 10.3 Å². The fraction of sp³-hybridized carbons (Fsp3) is 0.167. The van der Waals surface area contributed by atoms with Crippen molar-refractivity contribution in [2.45, 2.75) is 45.8 Å². The summed E-state index contributed by atoms with van der Waals surface area (Å²) in [5.41, 5.74) is 0.295. The first-order chi connectivity index (χ1) is 18.0. The molecule has 0 atom stereocenters. The second kappa shape index (κ2) is 12.2. The van der Waals surface area contributed by atoms with Gasteiger partial charge in [0.15, 0.2) is 0 Å². The van der Waals surface area contributed by atoms with Gasteiger partial charge in [-0.1, -0.05) is 74.4 Å². The minimum atomic E-state index is -4.24. The van der Waals surface area contributed by atoms with Gasteiger partial charge in [0.1, 0.15) is 0 Å². The van der Waals surface area contributed by atoms with Crippen molar-refractivity contribution >= 4 is 26.4 Å². The van der Waals surface area contributed by atoms with Crippen molar-refractivity contribution in [2.24, 2.45) is 0 Å². The highest BCUT2D eigenvalue weighted by molar-refractivity contribution is 8.33. The second-order valence-corrected chi connectivity index (χ2v) is 12.8. The number of ether oxygens (including phenoxy) is 1. The number of rotatable bonds is 11. The van der Waals surface area contributed by atoms with Gasteiger partial charge in [-0.3, -0.25) is 0 Å². The molecule has 4 rings (SSSR count). The van der Waals surface area contributed by atoms with Gasteiger partial charge in [-0.05, 0) is 77.4 Å². The molecule has 0 unspecified atom stereocenters.